The summed E-state index contributed by atoms with van der Waals surface area (Å²) >= 11 is 0. The molecule has 14 nitrogen and oxygen atoms in total. The Hall–Kier alpha value is -4.62. The molecule has 0 aliphatic rings. The predicted molar refractivity (Wildman–Crippen MR) is 120 cm³/mol. The van der Waals surface area contributed by atoms with Crippen molar-refractivity contribution in [2.24, 2.45) is 0 Å². The highest BCUT2D eigenvalue weighted by Gasteiger charge is 2.36. The fraction of sp³-hybridized carbons (Fsp3) is 0.364. The molecule has 3 aromatic rings. The molecule has 0 bridgehead atoms. The van der Waals surface area contributed by atoms with Gasteiger partial charge in [0.25, 0.3) is 22.2 Å². The fourth-order valence-electron chi connectivity index (χ4n) is 3.28. The lowest BCUT2D eigenvalue weighted by Gasteiger charge is -2.21. The molecule has 0 amide bonds. The van der Waals surface area contributed by atoms with E-state index < -0.39 is 57.3 Å². The fourth-order valence-corrected chi connectivity index (χ4v) is 3.28. The summed E-state index contributed by atoms with van der Waals surface area (Å²) in [5.74, 6) is -4.09. The normalized spacial score (nSPS) is 11.9. The molecule has 0 saturated heterocycles. The Bertz CT molecular complexity index is 1460. The van der Waals surface area contributed by atoms with Crippen molar-refractivity contribution in [3.63, 3.8) is 0 Å². The molecule has 1 aromatic carbocycles. The van der Waals surface area contributed by atoms with Crippen LogP contribution in [-0.2, 0) is 28.7 Å². The van der Waals surface area contributed by atoms with Crippen LogP contribution in [-0.4, -0.2) is 44.5 Å². The highest BCUT2D eigenvalue weighted by Crippen LogP contribution is 2.16. The van der Waals surface area contributed by atoms with Gasteiger partial charge in [-0.3, -0.25) is 28.8 Å². The Labute approximate surface area is 200 Å². The molecule has 0 aliphatic heterocycles. The number of carbonyl (C=O) groups excluding carboxylic acids is 4. The first kappa shape index (κ1) is 26.0. The van der Waals surface area contributed by atoms with Crippen LogP contribution in [0.3, 0.4) is 0 Å². The number of hydrogen-bond acceptors (Lipinski definition) is 12. The van der Waals surface area contributed by atoms with Gasteiger partial charge in [0.15, 0.2) is 0 Å². The lowest BCUT2D eigenvalue weighted by atomic mass is 10.1. The van der Waals surface area contributed by atoms with Gasteiger partial charge in [-0.15, -0.1) is 0 Å². The van der Waals surface area contributed by atoms with Crippen molar-refractivity contribution in [3.05, 3.63) is 53.5 Å². The first-order chi connectivity index (χ1) is 16.5. The molecule has 3 rings (SSSR count). The van der Waals surface area contributed by atoms with Crippen molar-refractivity contribution in [2.45, 2.75) is 52.7 Å². The summed E-state index contributed by atoms with van der Waals surface area (Å²) in [6, 6.07) is 1.84. The number of benzene rings is 1. The maximum absolute atomic E-state index is 12.7. The van der Waals surface area contributed by atoms with Crippen LogP contribution >= 0.6 is 0 Å². The van der Waals surface area contributed by atoms with Crippen LogP contribution in [0.5, 0.6) is 0 Å². The van der Waals surface area contributed by atoms with Gasteiger partial charge < -0.3 is 19.1 Å². The zero-order valence-electron chi connectivity index (χ0n) is 19.9. The largest absolute Gasteiger partial charge is 0.448 e. The van der Waals surface area contributed by atoms with Crippen molar-refractivity contribution in [3.8, 4) is 0 Å². The maximum Gasteiger partial charge on any atom is 0.375 e. The third kappa shape index (κ3) is 4.39. The minimum absolute atomic E-state index is 0.113. The second kappa shape index (κ2) is 8.55. The van der Waals surface area contributed by atoms with Crippen molar-refractivity contribution < 1.29 is 38.3 Å². The molecule has 0 aliphatic carbocycles. The number of ether oxygens (including phenoxy) is 2. The Morgan fingerprint density at radius 2 is 0.833 bits per heavy atom. The van der Waals surface area contributed by atoms with Crippen LogP contribution in [0.2, 0.25) is 0 Å². The molecule has 0 fully saturated rings. The van der Waals surface area contributed by atoms with Gasteiger partial charge in [-0.1, -0.05) is 9.46 Å². The van der Waals surface area contributed by atoms with E-state index in [1.165, 1.54) is 27.7 Å². The maximum atomic E-state index is 12.7. The molecule has 0 atom stereocenters. The zero-order chi connectivity index (χ0) is 27.3. The minimum atomic E-state index is -1.83. The van der Waals surface area contributed by atoms with Crippen molar-refractivity contribution in [1.29, 1.82) is 0 Å². The second-order valence-electron chi connectivity index (χ2n) is 8.72. The van der Waals surface area contributed by atoms with E-state index in [9.17, 15) is 38.4 Å². The summed E-state index contributed by atoms with van der Waals surface area (Å²) in [7, 11) is 0. The summed E-state index contributed by atoms with van der Waals surface area (Å²) in [4.78, 5) is 108. The van der Waals surface area contributed by atoms with Gasteiger partial charge in [-0.25, -0.2) is 9.59 Å². The number of rotatable bonds is 6. The Kier molecular flexibility index (Phi) is 6.17. The van der Waals surface area contributed by atoms with Gasteiger partial charge in [0.05, 0.1) is 21.5 Å². The van der Waals surface area contributed by atoms with Gasteiger partial charge >= 0.3 is 23.9 Å². The molecule has 190 valence electrons. The Balaban J connectivity index is 2.09. The van der Waals surface area contributed by atoms with Crippen molar-refractivity contribution in [1.82, 2.24) is 9.46 Å². The molecular formula is C22H20N2O12. The standard InChI is InChI=1S/C22H20N2O12/c1-9(25)33-21(3,4)19(31)35-23-15(27)11-7-13-14(8-12(11)16(23)28)18(30)24(17(13)29)36-20(32)22(5,6)34-10(2)26/h7-8H,1-6H3. The third-order valence-corrected chi connectivity index (χ3v) is 4.95. The third-order valence-electron chi connectivity index (χ3n) is 4.95. The summed E-state index contributed by atoms with van der Waals surface area (Å²) in [5.41, 5.74) is -8.18. The highest BCUT2D eigenvalue weighted by atomic mass is 16.7. The molecule has 36 heavy (non-hydrogen) atoms. The van der Waals surface area contributed by atoms with E-state index in [0.29, 0.717) is 0 Å². The number of fused-ring (bicyclic) bond motifs is 2. The van der Waals surface area contributed by atoms with Gasteiger partial charge in [0.2, 0.25) is 11.2 Å². The smallest absolute Gasteiger partial charge is 0.375 e. The van der Waals surface area contributed by atoms with Crippen LogP contribution in [0, 0.1) is 0 Å². The molecule has 14 heteroatoms. The topological polar surface area (TPSA) is 183 Å². The van der Waals surface area contributed by atoms with Crippen LogP contribution in [0.25, 0.3) is 21.5 Å². The lowest BCUT2D eigenvalue weighted by molar-refractivity contribution is -0.178. The average molecular weight is 504 g/mol. The van der Waals surface area contributed by atoms with E-state index >= 15 is 0 Å². The lowest BCUT2D eigenvalue weighted by Crippen LogP contribution is -2.47. The van der Waals surface area contributed by atoms with E-state index in [2.05, 4.69) is 0 Å². The van der Waals surface area contributed by atoms with E-state index in [0.717, 1.165) is 26.0 Å². The number of hydrogen-bond donors (Lipinski definition) is 0. The second-order valence-corrected chi connectivity index (χ2v) is 8.72. The van der Waals surface area contributed by atoms with Crippen LogP contribution in [0.15, 0.2) is 31.3 Å². The highest BCUT2D eigenvalue weighted by molar-refractivity contribution is 5.98. The van der Waals surface area contributed by atoms with Gasteiger partial charge in [-0.2, -0.15) is 0 Å². The van der Waals surface area contributed by atoms with E-state index in [4.69, 9.17) is 19.1 Å². The summed E-state index contributed by atoms with van der Waals surface area (Å²) in [5, 5.41) is -1.48. The minimum Gasteiger partial charge on any atom is -0.448 e. The number of aromatic nitrogens is 2. The van der Waals surface area contributed by atoms with Gasteiger partial charge in [-0.05, 0) is 39.8 Å². The van der Waals surface area contributed by atoms with E-state index in [-0.39, 0.29) is 31.0 Å². The molecule has 0 radical (unpaired) electrons. The quantitative estimate of drug-likeness (QED) is 0.355. The molecule has 0 saturated carbocycles. The Morgan fingerprint density at radius 1 is 0.583 bits per heavy atom. The van der Waals surface area contributed by atoms with E-state index in [1.54, 1.807) is 0 Å². The first-order valence-electron chi connectivity index (χ1n) is 10.3. The summed E-state index contributed by atoms with van der Waals surface area (Å²) < 4.78 is 9.85. The van der Waals surface area contributed by atoms with Gasteiger partial charge in [0.1, 0.15) is 0 Å². The molecule has 2 aromatic heterocycles. The predicted octanol–water partition coefficient (Wildman–Crippen LogP) is -1.49. The number of nitrogens with zero attached hydrogens (tertiary/aromatic N) is 2. The van der Waals surface area contributed by atoms with E-state index in [1.807, 2.05) is 0 Å². The SMILES string of the molecule is CC(=O)OC(C)(C)C(=O)On1c(=O)c2cc3c(=O)n(OC(=O)C(C)(C)OC(C)=O)c(=O)c3cc2c1=O. The molecule has 0 N–H and O–H groups in total. The van der Waals surface area contributed by atoms with Gasteiger partial charge in [0, 0.05) is 13.8 Å². The molecule has 2 heterocycles. The van der Waals surface area contributed by atoms with Crippen LogP contribution < -0.4 is 31.9 Å². The summed E-state index contributed by atoms with van der Waals surface area (Å²) in [6.07, 6.45) is 0. The molecule has 0 spiro atoms. The average Bonchev–Trinajstić information content (AvgIpc) is 3.11. The summed E-state index contributed by atoms with van der Waals surface area (Å²) in [6.45, 7) is 6.81. The monoisotopic (exact) mass is 504 g/mol. The molecule has 0 unspecified atom stereocenters. The zero-order valence-corrected chi connectivity index (χ0v) is 19.9. The first-order valence-corrected chi connectivity index (χ1v) is 10.3. The Morgan fingerprint density at radius 3 is 1.06 bits per heavy atom. The molecular weight excluding hydrogens is 484 g/mol. The van der Waals surface area contributed by atoms with Crippen LogP contribution in [0.4, 0.5) is 0 Å². The number of esters is 2. The number of carbonyl (C=O) groups is 4. The van der Waals surface area contributed by atoms with Crippen molar-refractivity contribution in [2.75, 3.05) is 0 Å². The van der Waals surface area contributed by atoms with Crippen LogP contribution in [0.1, 0.15) is 41.5 Å². The van der Waals surface area contributed by atoms with Crippen molar-refractivity contribution >= 4 is 45.4 Å².